The number of hydrogen-bond acceptors (Lipinski definition) is 3. The number of rotatable bonds is 7. The predicted molar refractivity (Wildman–Crippen MR) is 118 cm³/mol. The lowest BCUT2D eigenvalue weighted by Crippen LogP contribution is -2.51. The Morgan fingerprint density at radius 1 is 1.03 bits per heavy atom. The molecule has 0 radical (unpaired) electrons. The Balaban J connectivity index is 1.95. The largest absolute Gasteiger partial charge is 0.345 e. The van der Waals surface area contributed by atoms with E-state index in [4.69, 9.17) is 0 Å². The number of nitrogens with one attached hydrogen (secondary N) is 3. The van der Waals surface area contributed by atoms with E-state index in [0.29, 0.717) is 11.3 Å². The molecule has 0 aliphatic rings. The standard InChI is InChI=1S/C22H26BrN3O3/c1-13(2)20(26-21(28)16-7-5-6-14(3)10-16)22(29)24-12-19(27)25-18-9-8-17(23)11-15(18)4/h5-11,13,20H,12H2,1-4H3,(H,24,29)(H,25,27)(H,26,28)/t20-/m0/s1. The van der Waals surface area contributed by atoms with Gasteiger partial charge in [0.1, 0.15) is 6.04 Å². The van der Waals surface area contributed by atoms with Crippen LogP contribution in [0.25, 0.3) is 0 Å². The van der Waals surface area contributed by atoms with E-state index in [2.05, 4.69) is 31.9 Å². The molecule has 3 N–H and O–H groups in total. The number of anilines is 1. The highest BCUT2D eigenvalue weighted by molar-refractivity contribution is 9.10. The average Bonchev–Trinajstić information content (AvgIpc) is 2.66. The van der Waals surface area contributed by atoms with Crippen LogP contribution in [0.3, 0.4) is 0 Å². The summed E-state index contributed by atoms with van der Waals surface area (Å²) in [6, 6.07) is 11.9. The Hall–Kier alpha value is -2.67. The third-order valence-electron chi connectivity index (χ3n) is 4.40. The second-order valence-electron chi connectivity index (χ2n) is 7.29. The molecule has 3 amide bonds. The molecule has 0 aliphatic heterocycles. The van der Waals surface area contributed by atoms with Crippen molar-refractivity contribution in [2.75, 3.05) is 11.9 Å². The molecule has 0 heterocycles. The van der Waals surface area contributed by atoms with Gasteiger partial charge in [-0.05, 0) is 55.7 Å². The van der Waals surface area contributed by atoms with Crippen LogP contribution in [0.2, 0.25) is 0 Å². The summed E-state index contributed by atoms with van der Waals surface area (Å²) in [5.74, 6) is -1.20. The summed E-state index contributed by atoms with van der Waals surface area (Å²) in [4.78, 5) is 37.3. The fraction of sp³-hybridized carbons (Fsp3) is 0.318. The van der Waals surface area contributed by atoms with E-state index < -0.39 is 11.9 Å². The van der Waals surface area contributed by atoms with Gasteiger partial charge in [0.2, 0.25) is 11.8 Å². The second kappa shape index (κ2) is 10.2. The van der Waals surface area contributed by atoms with Crippen LogP contribution < -0.4 is 16.0 Å². The monoisotopic (exact) mass is 459 g/mol. The van der Waals surface area contributed by atoms with E-state index in [1.54, 1.807) is 24.3 Å². The summed E-state index contributed by atoms with van der Waals surface area (Å²) in [5.41, 5.74) is 3.04. The van der Waals surface area contributed by atoms with Gasteiger partial charge < -0.3 is 16.0 Å². The van der Waals surface area contributed by atoms with E-state index in [1.807, 2.05) is 45.9 Å². The second-order valence-corrected chi connectivity index (χ2v) is 8.21. The number of carbonyl (C=O) groups is 3. The SMILES string of the molecule is Cc1cccc(C(=O)N[C@H](C(=O)NCC(=O)Nc2ccc(Br)cc2C)C(C)C)c1. The highest BCUT2D eigenvalue weighted by Crippen LogP contribution is 2.19. The molecule has 2 aromatic rings. The Morgan fingerprint density at radius 3 is 2.38 bits per heavy atom. The summed E-state index contributed by atoms with van der Waals surface area (Å²) in [5, 5.41) is 8.14. The number of benzene rings is 2. The first-order chi connectivity index (χ1) is 13.7. The van der Waals surface area contributed by atoms with E-state index in [1.165, 1.54) is 0 Å². The molecule has 2 aromatic carbocycles. The van der Waals surface area contributed by atoms with Crippen molar-refractivity contribution in [1.82, 2.24) is 10.6 Å². The number of amides is 3. The van der Waals surface area contributed by atoms with Gasteiger partial charge in [-0.25, -0.2) is 0 Å². The number of halogens is 1. The highest BCUT2D eigenvalue weighted by Gasteiger charge is 2.25. The molecular formula is C22H26BrN3O3. The summed E-state index contributed by atoms with van der Waals surface area (Å²) in [7, 11) is 0. The normalized spacial score (nSPS) is 11.7. The van der Waals surface area contributed by atoms with Crippen molar-refractivity contribution in [1.29, 1.82) is 0 Å². The molecule has 29 heavy (non-hydrogen) atoms. The van der Waals surface area contributed by atoms with Gasteiger partial charge in [-0.3, -0.25) is 14.4 Å². The number of hydrogen-bond donors (Lipinski definition) is 3. The summed E-state index contributed by atoms with van der Waals surface area (Å²) in [6.07, 6.45) is 0. The van der Waals surface area contributed by atoms with Crippen molar-refractivity contribution < 1.29 is 14.4 Å². The van der Waals surface area contributed by atoms with Crippen LogP contribution >= 0.6 is 15.9 Å². The molecule has 0 fully saturated rings. The fourth-order valence-corrected chi connectivity index (χ4v) is 3.26. The summed E-state index contributed by atoms with van der Waals surface area (Å²) in [6.45, 7) is 7.28. The molecule has 0 unspecified atom stereocenters. The Kier molecular flexibility index (Phi) is 7.96. The van der Waals surface area contributed by atoms with Gasteiger partial charge in [0.05, 0.1) is 6.54 Å². The molecule has 6 nitrogen and oxygen atoms in total. The predicted octanol–water partition coefficient (Wildman–Crippen LogP) is 3.58. The number of aryl methyl sites for hydroxylation is 2. The van der Waals surface area contributed by atoms with E-state index in [0.717, 1.165) is 15.6 Å². The molecule has 0 bridgehead atoms. The van der Waals surface area contributed by atoms with Gasteiger partial charge in [0.15, 0.2) is 0 Å². The van der Waals surface area contributed by atoms with Crippen molar-refractivity contribution in [3.05, 3.63) is 63.6 Å². The van der Waals surface area contributed by atoms with Crippen LogP contribution in [0.15, 0.2) is 46.9 Å². The van der Waals surface area contributed by atoms with Crippen molar-refractivity contribution >= 4 is 39.3 Å². The van der Waals surface area contributed by atoms with Gasteiger partial charge in [0.25, 0.3) is 5.91 Å². The molecule has 0 aromatic heterocycles. The van der Waals surface area contributed by atoms with Crippen molar-refractivity contribution in [3.63, 3.8) is 0 Å². The molecule has 154 valence electrons. The molecule has 7 heteroatoms. The molecule has 1 atom stereocenters. The maximum absolute atomic E-state index is 12.6. The zero-order valence-electron chi connectivity index (χ0n) is 17.0. The van der Waals surface area contributed by atoms with Crippen LogP contribution in [0, 0.1) is 19.8 Å². The lowest BCUT2D eigenvalue weighted by molar-refractivity contribution is -0.126. The quantitative estimate of drug-likeness (QED) is 0.591. The molecule has 0 aliphatic carbocycles. The van der Waals surface area contributed by atoms with Gasteiger partial charge in [-0.15, -0.1) is 0 Å². The van der Waals surface area contributed by atoms with Crippen LogP contribution in [0.4, 0.5) is 5.69 Å². The van der Waals surface area contributed by atoms with Crippen molar-refractivity contribution in [2.45, 2.75) is 33.7 Å². The highest BCUT2D eigenvalue weighted by atomic mass is 79.9. The zero-order valence-corrected chi connectivity index (χ0v) is 18.6. The smallest absolute Gasteiger partial charge is 0.251 e. The lowest BCUT2D eigenvalue weighted by atomic mass is 10.0. The third-order valence-corrected chi connectivity index (χ3v) is 4.89. The Labute approximate surface area is 179 Å². The Morgan fingerprint density at radius 2 is 1.76 bits per heavy atom. The van der Waals surface area contributed by atoms with Gasteiger partial charge in [-0.1, -0.05) is 47.5 Å². The van der Waals surface area contributed by atoms with Gasteiger partial charge >= 0.3 is 0 Å². The van der Waals surface area contributed by atoms with E-state index in [-0.39, 0.29) is 24.3 Å². The minimum absolute atomic E-state index is 0.138. The van der Waals surface area contributed by atoms with Gasteiger partial charge in [0, 0.05) is 15.7 Å². The minimum Gasteiger partial charge on any atom is -0.345 e. The first kappa shape index (κ1) is 22.6. The van der Waals surface area contributed by atoms with Gasteiger partial charge in [-0.2, -0.15) is 0 Å². The van der Waals surface area contributed by atoms with Crippen molar-refractivity contribution in [2.24, 2.45) is 5.92 Å². The third kappa shape index (κ3) is 6.71. The molecule has 0 saturated carbocycles. The van der Waals surface area contributed by atoms with Crippen LogP contribution in [-0.2, 0) is 9.59 Å². The fourth-order valence-electron chi connectivity index (χ4n) is 2.78. The zero-order chi connectivity index (χ0) is 21.6. The molecule has 2 rings (SSSR count). The van der Waals surface area contributed by atoms with Crippen molar-refractivity contribution in [3.8, 4) is 0 Å². The maximum atomic E-state index is 12.6. The first-order valence-corrected chi connectivity index (χ1v) is 10.2. The summed E-state index contributed by atoms with van der Waals surface area (Å²) < 4.78 is 0.922. The van der Waals surface area contributed by atoms with E-state index in [9.17, 15) is 14.4 Å². The molecule has 0 saturated heterocycles. The number of carbonyl (C=O) groups excluding carboxylic acids is 3. The lowest BCUT2D eigenvalue weighted by Gasteiger charge is -2.22. The van der Waals surface area contributed by atoms with Crippen LogP contribution in [-0.4, -0.2) is 30.3 Å². The minimum atomic E-state index is -0.745. The van der Waals surface area contributed by atoms with Crippen LogP contribution in [0.5, 0.6) is 0 Å². The first-order valence-electron chi connectivity index (χ1n) is 9.38. The van der Waals surface area contributed by atoms with E-state index >= 15 is 0 Å². The topological polar surface area (TPSA) is 87.3 Å². The molecular weight excluding hydrogens is 434 g/mol. The molecule has 0 spiro atoms. The Bertz CT molecular complexity index is 912. The maximum Gasteiger partial charge on any atom is 0.251 e. The summed E-state index contributed by atoms with van der Waals surface area (Å²) >= 11 is 3.38. The van der Waals surface area contributed by atoms with Crippen LogP contribution in [0.1, 0.15) is 35.3 Å². The average molecular weight is 460 g/mol.